The number of rotatable bonds is 9. The topological polar surface area (TPSA) is 253 Å². The number of aryl methyl sites for hydroxylation is 1. The Morgan fingerprint density at radius 3 is 2.45 bits per heavy atom. The van der Waals surface area contributed by atoms with Crippen LogP contribution in [0.25, 0.3) is 11.2 Å². The third-order valence-corrected chi connectivity index (χ3v) is 9.24. The quantitative estimate of drug-likeness (QED) is 0.222. The van der Waals surface area contributed by atoms with Crippen molar-refractivity contribution in [2.45, 2.75) is 38.4 Å². The first-order chi connectivity index (χ1) is 15.1. The summed E-state index contributed by atoms with van der Waals surface area (Å²) < 4.78 is 54.8. The molecule has 0 saturated carbocycles. The van der Waals surface area contributed by atoms with E-state index in [1.165, 1.54) is 18.4 Å². The zero-order valence-electron chi connectivity index (χ0n) is 17.0. The van der Waals surface area contributed by atoms with Crippen molar-refractivity contribution < 1.29 is 56.5 Å². The zero-order valence-corrected chi connectivity index (χ0v) is 19.7. The molecule has 3 heterocycles. The van der Waals surface area contributed by atoms with Gasteiger partial charge in [-0.25, -0.2) is 23.4 Å². The van der Waals surface area contributed by atoms with Crippen molar-refractivity contribution in [2.24, 2.45) is 0 Å². The number of H-pyrrole nitrogens is 1. The van der Waals surface area contributed by atoms with E-state index in [9.17, 15) is 33.6 Å². The molecular weight excluding hydrogens is 513 g/mol. The van der Waals surface area contributed by atoms with E-state index in [0.29, 0.717) is 0 Å². The van der Waals surface area contributed by atoms with Crippen molar-refractivity contribution in [1.29, 1.82) is 0 Å². The lowest BCUT2D eigenvalue weighted by Gasteiger charge is -2.22. The maximum atomic E-state index is 12.6. The Labute approximate surface area is 184 Å². The molecule has 1 saturated heterocycles. The molecule has 6 N–H and O–H groups in total. The van der Waals surface area contributed by atoms with Gasteiger partial charge in [-0.1, -0.05) is 6.92 Å². The van der Waals surface area contributed by atoms with E-state index in [0.717, 1.165) is 6.33 Å². The molecule has 0 aliphatic carbocycles. The van der Waals surface area contributed by atoms with Crippen molar-refractivity contribution in [3.05, 3.63) is 22.5 Å². The fourth-order valence-electron chi connectivity index (χ4n) is 2.98. The minimum absolute atomic E-state index is 0.0433. The minimum Gasteiger partial charge on any atom is -0.387 e. The lowest BCUT2D eigenvalue weighted by atomic mass is 10.1. The highest BCUT2D eigenvalue weighted by atomic mass is 31.3. The number of hydrogen-bond acceptors (Lipinski definition) is 12. The molecule has 0 bridgehead atoms. The lowest BCUT2D eigenvalue weighted by molar-refractivity contribution is -0.0484. The monoisotopic (exact) mass is 534 g/mol. The minimum atomic E-state index is -5.49. The number of imidazole rings is 1. The predicted molar refractivity (Wildman–Crippen MR) is 107 cm³/mol. The van der Waals surface area contributed by atoms with Gasteiger partial charge in [-0.15, -0.1) is 0 Å². The van der Waals surface area contributed by atoms with Gasteiger partial charge in [-0.05, 0) is 6.92 Å². The maximum Gasteiger partial charge on any atom is 0.488 e. The molecular formula is C13H21N4O13P3. The molecule has 0 aromatic carbocycles. The van der Waals surface area contributed by atoms with Crippen LogP contribution in [0, 0.1) is 6.92 Å². The SMILES string of the molecule is CCP(=O)(OC[C@H]1O[C@@H](n2cnc3c(=O)[nH]c(C)nc32)[C@@H](O)C1O)OP(=O)(O)OP(=O)(O)O. The van der Waals surface area contributed by atoms with Gasteiger partial charge in [-0.3, -0.25) is 13.9 Å². The second-order valence-corrected chi connectivity index (χ2v) is 12.2. The summed E-state index contributed by atoms with van der Waals surface area (Å²) in [6, 6.07) is 0. The van der Waals surface area contributed by atoms with Crippen LogP contribution in [0.1, 0.15) is 19.0 Å². The number of nitrogens with zero attached hydrogens (tertiary/aromatic N) is 3. The molecule has 17 nitrogen and oxygen atoms in total. The Balaban J connectivity index is 1.75. The molecule has 3 rings (SSSR count). The summed E-state index contributed by atoms with van der Waals surface area (Å²) in [5.41, 5.74) is -0.512. The van der Waals surface area contributed by atoms with E-state index in [1.807, 2.05) is 0 Å². The van der Waals surface area contributed by atoms with Gasteiger partial charge in [0.15, 0.2) is 17.4 Å². The summed E-state index contributed by atoms with van der Waals surface area (Å²) in [4.78, 5) is 49.2. The molecule has 1 fully saturated rings. The molecule has 2 aromatic rings. The van der Waals surface area contributed by atoms with Crippen LogP contribution in [-0.2, 0) is 31.6 Å². The van der Waals surface area contributed by atoms with E-state index >= 15 is 0 Å². The predicted octanol–water partition coefficient (Wildman–Crippen LogP) is -0.497. The van der Waals surface area contributed by atoms with Crippen LogP contribution in [-0.4, -0.2) is 75.5 Å². The first-order valence-electron chi connectivity index (χ1n) is 9.14. The standard InChI is InChI=1S/C13H21N4O13P3/c1-3-31(21,29-33(25,26)30-32(22,23)24)27-4-7-9(18)10(19)13(28-7)17-5-14-8-11(17)15-6(2)16-12(8)20/h5,7,9-10,13,18-19H,3-4H2,1-2H3,(H,25,26)(H,15,16,20)(H2,22,23,24)/t7-,9?,10+,13-,31?/m1/s1. The largest absolute Gasteiger partial charge is 0.488 e. The molecule has 33 heavy (non-hydrogen) atoms. The van der Waals surface area contributed by atoms with E-state index in [2.05, 4.69) is 23.6 Å². The van der Waals surface area contributed by atoms with Crippen molar-refractivity contribution in [1.82, 2.24) is 19.5 Å². The van der Waals surface area contributed by atoms with Crippen LogP contribution < -0.4 is 5.56 Å². The van der Waals surface area contributed by atoms with Gasteiger partial charge < -0.3 is 39.1 Å². The van der Waals surface area contributed by atoms with Crippen molar-refractivity contribution in [3.8, 4) is 0 Å². The molecule has 3 unspecified atom stereocenters. The summed E-state index contributed by atoms with van der Waals surface area (Å²) in [5, 5.41) is 20.7. The highest BCUT2D eigenvalue weighted by Crippen LogP contribution is 2.67. The Morgan fingerprint density at radius 1 is 1.18 bits per heavy atom. The second-order valence-electron chi connectivity index (χ2n) is 6.87. The van der Waals surface area contributed by atoms with Crippen LogP contribution in [0.2, 0.25) is 0 Å². The van der Waals surface area contributed by atoms with E-state index in [-0.39, 0.29) is 17.0 Å². The summed E-state index contributed by atoms with van der Waals surface area (Å²) in [5.74, 6) is 0.258. The van der Waals surface area contributed by atoms with Gasteiger partial charge in [0, 0.05) is 6.16 Å². The fourth-order valence-corrected chi connectivity index (χ4v) is 6.91. The van der Waals surface area contributed by atoms with Crippen LogP contribution >= 0.6 is 23.2 Å². The number of aliphatic hydroxyl groups excluding tert-OH is 2. The molecule has 0 amide bonds. The highest BCUT2D eigenvalue weighted by molar-refractivity contribution is 7.68. The Kier molecular flexibility index (Phi) is 7.47. The maximum absolute atomic E-state index is 12.6. The Morgan fingerprint density at radius 2 is 1.85 bits per heavy atom. The molecule has 1 aliphatic heterocycles. The van der Waals surface area contributed by atoms with Gasteiger partial charge >= 0.3 is 23.2 Å². The van der Waals surface area contributed by atoms with E-state index < -0.39 is 66.1 Å². The molecule has 20 heteroatoms. The summed E-state index contributed by atoms with van der Waals surface area (Å²) in [6.07, 6.45) is -5.15. The molecule has 1 aliphatic rings. The number of ether oxygens (including phenoxy) is 1. The number of aliphatic hydroxyl groups is 2. The van der Waals surface area contributed by atoms with Crippen LogP contribution in [0.3, 0.4) is 0 Å². The molecule has 0 spiro atoms. The third kappa shape index (κ3) is 6.03. The van der Waals surface area contributed by atoms with Gasteiger partial charge in [0.05, 0.1) is 12.9 Å². The number of aromatic amines is 1. The average Bonchev–Trinajstić information content (AvgIpc) is 3.20. The van der Waals surface area contributed by atoms with Gasteiger partial charge in [-0.2, -0.15) is 4.31 Å². The first kappa shape index (κ1) is 26.3. The smallest absolute Gasteiger partial charge is 0.387 e. The Bertz CT molecular complexity index is 1220. The van der Waals surface area contributed by atoms with Crippen LogP contribution in [0.15, 0.2) is 11.1 Å². The third-order valence-electron chi connectivity index (χ3n) is 4.42. The lowest BCUT2D eigenvalue weighted by Crippen LogP contribution is -2.33. The molecule has 6 atom stereocenters. The fraction of sp³-hybridized carbons (Fsp3) is 0.615. The first-order valence-corrected chi connectivity index (χ1v) is 13.9. The van der Waals surface area contributed by atoms with Crippen molar-refractivity contribution in [3.63, 3.8) is 0 Å². The van der Waals surface area contributed by atoms with Gasteiger partial charge in [0.25, 0.3) is 5.56 Å². The number of hydrogen-bond donors (Lipinski definition) is 6. The van der Waals surface area contributed by atoms with E-state index in [1.54, 1.807) is 0 Å². The number of aromatic nitrogens is 4. The molecule has 0 radical (unpaired) electrons. The van der Waals surface area contributed by atoms with E-state index in [4.69, 9.17) is 19.0 Å². The average molecular weight is 534 g/mol. The van der Waals surface area contributed by atoms with Crippen molar-refractivity contribution in [2.75, 3.05) is 12.8 Å². The normalized spacial score (nSPS) is 27.5. The summed E-state index contributed by atoms with van der Waals surface area (Å²) in [6.45, 7) is 2.02. The van der Waals surface area contributed by atoms with Crippen LogP contribution in [0.4, 0.5) is 0 Å². The molecule has 2 aromatic heterocycles. The van der Waals surface area contributed by atoms with Gasteiger partial charge in [0.2, 0.25) is 0 Å². The Hall–Kier alpha value is -1.32. The highest BCUT2D eigenvalue weighted by Gasteiger charge is 2.46. The summed E-state index contributed by atoms with van der Waals surface area (Å²) in [7, 11) is -15.4. The molecule has 186 valence electrons. The van der Waals surface area contributed by atoms with Crippen LogP contribution in [0.5, 0.6) is 0 Å². The van der Waals surface area contributed by atoms with Crippen molar-refractivity contribution >= 4 is 34.4 Å². The van der Waals surface area contributed by atoms with Gasteiger partial charge in [0.1, 0.15) is 24.1 Å². The number of phosphoric acid groups is 2. The zero-order chi connectivity index (χ0) is 24.8. The second kappa shape index (κ2) is 9.38. The number of nitrogens with one attached hydrogen (secondary N) is 1. The summed E-state index contributed by atoms with van der Waals surface area (Å²) >= 11 is 0. The number of fused-ring (bicyclic) bond motifs is 1.